The number of benzene rings is 2. The Bertz CT molecular complexity index is 1310. The predicted octanol–water partition coefficient (Wildman–Crippen LogP) is 3.97. The highest BCUT2D eigenvalue weighted by Gasteiger charge is 2.20. The predicted molar refractivity (Wildman–Crippen MR) is 121 cm³/mol. The quantitative estimate of drug-likeness (QED) is 0.434. The number of carbonyl (C=O) groups excluding carboxylic acids is 1. The van der Waals surface area contributed by atoms with Crippen molar-refractivity contribution in [3.63, 3.8) is 0 Å². The van der Waals surface area contributed by atoms with Crippen LogP contribution in [0.1, 0.15) is 28.2 Å². The highest BCUT2D eigenvalue weighted by atomic mass is 35.5. The summed E-state index contributed by atoms with van der Waals surface area (Å²) >= 11 is 6.43. The Hall–Kier alpha value is -3.83. The standard InChI is InChI=1S/C23H20ClFN6O/c1-30-19-7-3-2-5-16(19)20(24)21(30)23(32)28-12-4-6-18-17(13-26)22(27)31(29-18)15-10-8-14(25)9-11-15/h2-3,5,7-11H,4,6,12,27H2,1H3,(H,28,32). The van der Waals surface area contributed by atoms with Crippen molar-refractivity contribution in [1.82, 2.24) is 19.7 Å². The summed E-state index contributed by atoms with van der Waals surface area (Å²) in [5.41, 5.74) is 8.71. The van der Waals surface area contributed by atoms with E-state index in [1.54, 1.807) is 11.6 Å². The lowest BCUT2D eigenvalue weighted by Crippen LogP contribution is -2.27. The molecule has 0 radical (unpaired) electrons. The molecule has 2 aromatic heterocycles. The van der Waals surface area contributed by atoms with Crippen LogP contribution in [0.25, 0.3) is 16.6 Å². The molecule has 0 aliphatic carbocycles. The first-order valence-corrected chi connectivity index (χ1v) is 10.3. The van der Waals surface area contributed by atoms with Crippen molar-refractivity contribution in [1.29, 1.82) is 5.26 Å². The molecule has 0 saturated heterocycles. The van der Waals surface area contributed by atoms with Crippen LogP contribution in [0, 0.1) is 17.1 Å². The van der Waals surface area contributed by atoms with Gasteiger partial charge < -0.3 is 15.6 Å². The maximum Gasteiger partial charge on any atom is 0.269 e. The summed E-state index contributed by atoms with van der Waals surface area (Å²) in [7, 11) is 1.80. The van der Waals surface area contributed by atoms with E-state index in [1.807, 2.05) is 24.3 Å². The first-order valence-electron chi connectivity index (χ1n) is 9.97. The second kappa shape index (κ2) is 8.73. The highest BCUT2D eigenvalue weighted by molar-refractivity contribution is 6.38. The average molecular weight is 451 g/mol. The second-order valence-corrected chi connectivity index (χ2v) is 7.68. The number of halogens is 2. The van der Waals surface area contributed by atoms with Gasteiger partial charge in [0.15, 0.2) is 0 Å². The van der Waals surface area contributed by atoms with Gasteiger partial charge in [0.1, 0.15) is 29.0 Å². The molecule has 0 fully saturated rings. The van der Waals surface area contributed by atoms with Crippen LogP contribution in [0.2, 0.25) is 5.02 Å². The number of hydrogen-bond donors (Lipinski definition) is 2. The summed E-state index contributed by atoms with van der Waals surface area (Å²) in [5, 5.41) is 18.0. The van der Waals surface area contributed by atoms with E-state index in [0.29, 0.717) is 41.5 Å². The molecule has 0 unspecified atom stereocenters. The van der Waals surface area contributed by atoms with Gasteiger partial charge in [-0.2, -0.15) is 10.4 Å². The van der Waals surface area contributed by atoms with Gasteiger partial charge in [0, 0.05) is 24.5 Å². The molecule has 32 heavy (non-hydrogen) atoms. The van der Waals surface area contributed by atoms with Gasteiger partial charge in [-0.15, -0.1) is 0 Å². The number of rotatable bonds is 6. The molecule has 4 rings (SSSR count). The molecule has 3 N–H and O–H groups in total. The number of fused-ring (bicyclic) bond motifs is 1. The smallest absolute Gasteiger partial charge is 0.269 e. The topological polar surface area (TPSA) is 102 Å². The molecule has 4 aromatic rings. The SMILES string of the molecule is Cn1c(C(=O)NCCCc2nn(-c3ccc(F)cc3)c(N)c2C#N)c(Cl)c2ccccc21. The number of aromatic nitrogens is 3. The molecule has 2 aromatic carbocycles. The summed E-state index contributed by atoms with van der Waals surface area (Å²) in [6.45, 7) is 0.366. The van der Waals surface area contributed by atoms with Crippen molar-refractivity contribution in [3.8, 4) is 11.8 Å². The van der Waals surface area contributed by atoms with Gasteiger partial charge >= 0.3 is 0 Å². The van der Waals surface area contributed by atoms with Crippen LogP contribution in [0.5, 0.6) is 0 Å². The van der Waals surface area contributed by atoms with E-state index in [-0.39, 0.29) is 23.1 Å². The number of nitrogens with two attached hydrogens (primary N) is 1. The van der Waals surface area contributed by atoms with E-state index in [0.717, 1.165) is 10.9 Å². The van der Waals surface area contributed by atoms with Crippen LogP contribution in [-0.4, -0.2) is 26.8 Å². The zero-order chi connectivity index (χ0) is 22.8. The second-order valence-electron chi connectivity index (χ2n) is 7.31. The number of aryl methyl sites for hydroxylation is 2. The van der Waals surface area contributed by atoms with E-state index < -0.39 is 0 Å². The number of para-hydroxylation sites is 1. The Morgan fingerprint density at radius 2 is 1.97 bits per heavy atom. The number of nitrogens with zero attached hydrogens (tertiary/aromatic N) is 4. The van der Waals surface area contributed by atoms with Crippen molar-refractivity contribution in [3.05, 3.63) is 76.3 Å². The fourth-order valence-corrected chi connectivity index (χ4v) is 4.07. The van der Waals surface area contributed by atoms with Crippen molar-refractivity contribution in [2.24, 2.45) is 7.05 Å². The third-order valence-corrected chi connectivity index (χ3v) is 5.70. The minimum absolute atomic E-state index is 0.195. The Balaban J connectivity index is 1.44. The van der Waals surface area contributed by atoms with Crippen LogP contribution in [-0.2, 0) is 13.5 Å². The third kappa shape index (κ3) is 3.79. The van der Waals surface area contributed by atoms with Crippen LogP contribution in [0.3, 0.4) is 0 Å². The molecule has 0 saturated carbocycles. The van der Waals surface area contributed by atoms with Crippen LogP contribution >= 0.6 is 11.6 Å². The van der Waals surface area contributed by atoms with Crippen LogP contribution in [0.15, 0.2) is 48.5 Å². The minimum atomic E-state index is -0.373. The molecule has 1 amide bonds. The van der Waals surface area contributed by atoms with E-state index in [4.69, 9.17) is 17.3 Å². The first kappa shape index (κ1) is 21.4. The molecule has 0 aliphatic heterocycles. The fraction of sp³-hybridized carbons (Fsp3) is 0.174. The Morgan fingerprint density at radius 3 is 2.66 bits per heavy atom. The van der Waals surface area contributed by atoms with Crippen molar-refractivity contribution >= 4 is 34.2 Å². The molecule has 7 nitrogen and oxygen atoms in total. The lowest BCUT2D eigenvalue weighted by Gasteiger charge is -2.07. The molecule has 0 spiro atoms. The van der Waals surface area contributed by atoms with Gasteiger partial charge in [0.2, 0.25) is 0 Å². The summed E-state index contributed by atoms with van der Waals surface area (Å²) in [5.74, 6) is -0.451. The normalized spacial score (nSPS) is 10.9. The van der Waals surface area contributed by atoms with Crippen molar-refractivity contribution in [2.45, 2.75) is 12.8 Å². The molecule has 0 bridgehead atoms. The lowest BCUT2D eigenvalue weighted by atomic mass is 10.1. The van der Waals surface area contributed by atoms with Gasteiger partial charge in [-0.3, -0.25) is 4.79 Å². The molecule has 9 heteroatoms. The summed E-state index contributed by atoms with van der Waals surface area (Å²) < 4.78 is 16.4. The van der Waals surface area contributed by atoms with Gasteiger partial charge in [0.25, 0.3) is 5.91 Å². The zero-order valence-electron chi connectivity index (χ0n) is 17.3. The molecule has 0 aliphatic rings. The van der Waals surface area contributed by atoms with Crippen molar-refractivity contribution in [2.75, 3.05) is 12.3 Å². The van der Waals surface area contributed by atoms with Gasteiger partial charge in [-0.25, -0.2) is 9.07 Å². The number of nitriles is 1. The largest absolute Gasteiger partial charge is 0.382 e. The first-order chi connectivity index (χ1) is 15.4. The van der Waals surface area contributed by atoms with Crippen molar-refractivity contribution < 1.29 is 9.18 Å². The van der Waals surface area contributed by atoms with E-state index >= 15 is 0 Å². The summed E-state index contributed by atoms with van der Waals surface area (Å²) in [6.07, 6.45) is 0.978. The van der Waals surface area contributed by atoms with Gasteiger partial charge in [0.05, 0.1) is 16.4 Å². The Labute approximate surface area is 188 Å². The zero-order valence-corrected chi connectivity index (χ0v) is 18.0. The molecule has 0 atom stereocenters. The van der Waals surface area contributed by atoms with Gasteiger partial charge in [-0.1, -0.05) is 29.8 Å². The van der Waals surface area contributed by atoms with Gasteiger partial charge in [-0.05, 0) is 43.2 Å². The number of carbonyl (C=O) groups is 1. The van der Waals surface area contributed by atoms with E-state index in [9.17, 15) is 14.4 Å². The van der Waals surface area contributed by atoms with Crippen LogP contribution in [0.4, 0.5) is 10.2 Å². The number of anilines is 1. The number of nitrogens with one attached hydrogen (secondary N) is 1. The molecular formula is C23H20ClFN6O. The average Bonchev–Trinajstić information content (AvgIpc) is 3.25. The fourth-order valence-electron chi connectivity index (χ4n) is 3.69. The minimum Gasteiger partial charge on any atom is -0.382 e. The monoisotopic (exact) mass is 450 g/mol. The van der Waals surface area contributed by atoms with E-state index in [1.165, 1.54) is 28.9 Å². The Morgan fingerprint density at radius 1 is 1.25 bits per heavy atom. The molecular weight excluding hydrogens is 431 g/mol. The third-order valence-electron chi connectivity index (χ3n) is 5.31. The summed E-state index contributed by atoms with van der Waals surface area (Å²) in [4.78, 5) is 12.7. The van der Waals surface area contributed by atoms with Crippen LogP contribution < -0.4 is 11.1 Å². The Kier molecular flexibility index (Phi) is 5.84. The molecule has 2 heterocycles. The maximum absolute atomic E-state index is 13.2. The van der Waals surface area contributed by atoms with E-state index in [2.05, 4.69) is 16.5 Å². The number of hydrogen-bond acceptors (Lipinski definition) is 4. The number of amides is 1. The molecule has 162 valence electrons. The highest BCUT2D eigenvalue weighted by Crippen LogP contribution is 2.29. The maximum atomic E-state index is 13.2. The number of nitrogen functional groups attached to an aromatic ring is 1. The lowest BCUT2D eigenvalue weighted by molar-refractivity contribution is 0.0945. The summed E-state index contributed by atoms with van der Waals surface area (Å²) in [6, 6.07) is 15.3.